The SMILES string of the molecule is CC(=O)OC(c1cc(Br)c2oc(N3CC4CCC(C3)N4C(=O)OC(C)(C)C)nc2c1)C(F)(F)F. The van der Waals surface area contributed by atoms with Crippen molar-refractivity contribution in [2.45, 2.75) is 70.5 Å². The predicted octanol–water partition coefficient (Wildman–Crippen LogP) is 5.34. The summed E-state index contributed by atoms with van der Waals surface area (Å²) in [6, 6.07) is 2.51. The Bertz CT molecular complexity index is 1100. The number of fused-ring (bicyclic) bond motifs is 3. The number of anilines is 1. The molecule has 1 aromatic carbocycles. The Balaban J connectivity index is 1.59. The van der Waals surface area contributed by atoms with E-state index in [1.807, 2.05) is 25.7 Å². The zero-order chi connectivity index (χ0) is 25.0. The van der Waals surface area contributed by atoms with Crippen molar-refractivity contribution >= 4 is 45.1 Å². The van der Waals surface area contributed by atoms with Gasteiger partial charge in [-0.3, -0.25) is 9.69 Å². The van der Waals surface area contributed by atoms with Crippen molar-refractivity contribution in [2.75, 3.05) is 18.0 Å². The van der Waals surface area contributed by atoms with Gasteiger partial charge in [-0.15, -0.1) is 0 Å². The maximum Gasteiger partial charge on any atom is 0.429 e. The second-order valence-electron chi connectivity index (χ2n) is 9.56. The van der Waals surface area contributed by atoms with E-state index in [0.717, 1.165) is 19.8 Å². The molecule has 2 aliphatic rings. The molecule has 3 atom stereocenters. The summed E-state index contributed by atoms with van der Waals surface area (Å²) in [7, 11) is 0. The molecule has 0 aliphatic carbocycles. The van der Waals surface area contributed by atoms with Crippen molar-refractivity contribution in [3.8, 4) is 0 Å². The summed E-state index contributed by atoms with van der Waals surface area (Å²) in [6.07, 6.45) is -5.94. The second kappa shape index (κ2) is 8.62. The van der Waals surface area contributed by atoms with Gasteiger partial charge in [0.1, 0.15) is 11.1 Å². The van der Waals surface area contributed by atoms with E-state index in [9.17, 15) is 22.8 Å². The van der Waals surface area contributed by atoms with Crippen molar-refractivity contribution in [1.29, 1.82) is 0 Å². The van der Waals surface area contributed by atoms with E-state index in [-0.39, 0.29) is 45.3 Å². The number of carbonyl (C=O) groups excluding carboxylic acids is 2. The first-order valence-corrected chi connectivity index (χ1v) is 11.6. The second-order valence-corrected chi connectivity index (χ2v) is 10.4. The van der Waals surface area contributed by atoms with Crippen LogP contribution in [0.2, 0.25) is 0 Å². The van der Waals surface area contributed by atoms with E-state index in [4.69, 9.17) is 9.15 Å². The normalized spacial score (nSPS) is 21.6. The number of benzene rings is 1. The summed E-state index contributed by atoms with van der Waals surface area (Å²) in [5, 5.41) is 0. The Labute approximate surface area is 202 Å². The maximum atomic E-state index is 13.5. The molecule has 3 heterocycles. The van der Waals surface area contributed by atoms with E-state index in [1.165, 1.54) is 12.1 Å². The van der Waals surface area contributed by atoms with E-state index in [1.54, 1.807) is 4.90 Å². The fourth-order valence-electron chi connectivity index (χ4n) is 4.45. The standard InChI is InChI=1S/C22H25BrF3N3O5/c1-11(30)32-18(22(24,25)26)12-7-15(23)17-16(8-12)27-19(33-17)28-9-13-5-6-14(10-28)29(13)20(31)34-21(2,3)4/h7-8,13-14,18H,5-6,9-10H2,1-4H3. The van der Waals surface area contributed by atoms with Gasteiger partial charge < -0.3 is 18.8 Å². The molecular formula is C22H25BrF3N3O5. The maximum absolute atomic E-state index is 13.5. The summed E-state index contributed by atoms with van der Waals surface area (Å²) in [4.78, 5) is 32.0. The Morgan fingerprint density at radius 1 is 1.18 bits per heavy atom. The Kier molecular flexibility index (Phi) is 6.24. The quantitative estimate of drug-likeness (QED) is 0.479. The molecule has 2 aliphatic heterocycles. The number of aromatic nitrogens is 1. The fourth-order valence-corrected chi connectivity index (χ4v) is 5.00. The highest BCUT2D eigenvalue weighted by molar-refractivity contribution is 9.10. The van der Waals surface area contributed by atoms with E-state index < -0.39 is 23.9 Å². The number of piperazine rings is 1. The average Bonchev–Trinajstić information content (AvgIpc) is 3.23. The van der Waals surface area contributed by atoms with Gasteiger partial charge in [-0.25, -0.2) is 4.79 Å². The summed E-state index contributed by atoms with van der Waals surface area (Å²) < 4.78 is 56.7. The van der Waals surface area contributed by atoms with Crippen LogP contribution in [0, 0.1) is 0 Å². The average molecular weight is 548 g/mol. The Morgan fingerprint density at radius 2 is 1.79 bits per heavy atom. The lowest BCUT2D eigenvalue weighted by Crippen LogP contribution is -2.56. The number of rotatable bonds is 3. The molecule has 186 valence electrons. The first-order chi connectivity index (χ1) is 15.7. The highest BCUT2D eigenvalue weighted by atomic mass is 79.9. The molecule has 0 radical (unpaired) electrons. The Hall–Kier alpha value is -2.50. The van der Waals surface area contributed by atoms with Gasteiger partial charge in [0.15, 0.2) is 5.58 Å². The van der Waals surface area contributed by atoms with Crippen LogP contribution in [0.4, 0.5) is 24.0 Å². The van der Waals surface area contributed by atoms with Gasteiger partial charge in [-0.1, -0.05) is 0 Å². The smallest absolute Gasteiger partial charge is 0.429 e. The van der Waals surface area contributed by atoms with Gasteiger partial charge in [0.05, 0.1) is 16.6 Å². The number of hydrogen-bond donors (Lipinski definition) is 0. The van der Waals surface area contributed by atoms with Crippen molar-refractivity contribution in [1.82, 2.24) is 9.88 Å². The van der Waals surface area contributed by atoms with Crippen LogP contribution in [0.15, 0.2) is 21.0 Å². The minimum atomic E-state index is -4.79. The molecule has 2 fully saturated rings. The number of halogens is 4. The van der Waals surface area contributed by atoms with Gasteiger partial charge in [-0.2, -0.15) is 18.2 Å². The number of oxazole rings is 1. The lowest BCUT2D eigenvalue weighted by atomic mass is 10.1. The zero-order valence-electron chi connectivity index (χ0n) is 19.1. The number of carbonyl (C=O) groups is 2. The molecule has 8 nitrogen and oxygen atoms in total. The summed E-state index contributed by atoms with van der Waals surface area (Å²) in [5.41, 5.74) is -0.387. The van der Waals surface area contributed by atoms with Gasteiger partial charge in [0.25, 0.3) is 6.01 Å². The van der Waals surface area contributed by atoms with Crippen LogP contribution in [-0.2, 0) is 14.3 Å². The van der Waals surface area contributed by atoms with Gasteiger partial charge >= 0.3 is 18.2 Å². The van der Waals surface area contributed by atoms with Gasteiger partial charge in [-0.05, 0) is 61.7 Å². The first-order valence-electron chi connectivity index (χ1n) is 10.8. The number of esters is 1. The minimum Gasteiger partial charge on any atom is -0.448 e. The van der Waals surface area contributed by atoms with Crippen LogP contribution >= 0.6 is 15.9 Å². The number of amides is 1. The monoisotopic (exact) mass is 547 g/mol. The largest absolute Gasteiger partial charge is 0.448 e. The van der Waals surface area contributed by atoms with Crippen LogP contribution in [0.1, 0.15) is 52.2 Å². The molecule has 3 unspecified atom stereocenters. The molecule has 2 bridgehead atoms. The van der Waals surface area contributed by atoms with E-state index >= 15 is 0 Å². The molecule has 1 amide bonds. The van der Waals surface area contributed by atoms with E-state index in [2.05, 4.69) is 25.7 Å². The van der Waals surface area contributed by atoms with Crippen LogP contribution in [0.25, 0.3) is 11.1 Å². The van der Waals surface area contributed by atoms with Crippen LogP contribution in [0.5, 0.6) is 0 Å². The molecular weight excluding hydrogens is 523 g/mol. The summed E-state index contributed by atoms with van der Waals surface area (Å²) in [5.74, 6) is -1.04. The molecule has 2 saturated heterocycles. The fraction of sp³-hybridized carbons (Fsp3) is 0.591. The minimum absolute atomic E-state index is 0.0822. The zero-order valence-corrected chi connectivity index (χ0v) is 20.7. The predicted molar refractivity (Wildman–Crippen MR) is 119 cm³/mol. The van der Waals surface area contributed by atoms with Crippen LogP contribution in [-0.4, -0.2) is 58.9 Å². The highest BCUT2D eigenvalue weighted by Crippen LogP contribution is 2.41. The number of ether oxygens (including phenoxy) is 2. The topological polar surface area (TPSA) is 85.1 Å². The summed E-state index contributed by atoms with van der Waals surface area (Å²) in [6.45, 7) is 7.30. The first kappa shape index (κ1) is 24.6. The van der Waals surface area contributed by atoms with Crippen molar-refractivity contribution < 1.29 is 36.7 Å². The third-order valence-electron chi connectivity index (χ3n) is 5.70. The molecule has 1 aromatic heterocycles. The van der Waals surface area contributed by atoms with Crippen molar-refractivity contribution in [3.63, 3.8) is 0 Å². The third kappa shape index (κ3) is 4.96. The molecule has 4 rings (SSSR count). The molecule has 0 spiro atoms. The number of hydrogen-bond acceptors (Lipinski definition) is 7. The number of alkyl halides is 3. The van der Waals surface area contributed by atoms with Crippen LogP contribution < -0.4 is 4.90 Å². The lowest BCUT2D eigenvalue weighted by molar-refractivity contribution is -0.222. The third-order valence-corrected chi connectivity index (χ3v) is 6.29. The molecule has 0 saturated carbocycles. The number of nitrogens with zero attached hydrogens (tertiary/aromatic N) is 3. The molecule has 34 heavy (non-hydrogen) atoms. The van der Waals surface area contributed by atoms with E-state index in [0.29, 0.717) is 13.1 Å². The molecule has 0 N–H and O–H groups in total. The molecule has 12 heteroatoms. The van der Waals surface area contributed by atoms with Crippen molar-refractivity contribution in [3.05, 3.63) is 22.2 Å². The highest BCUT2D eigenvalue weighted by Gasteiger charge is 2.46. The summed E-state index contributed by atoms with van der Waals surface area (Å²) >= 11 is 3.25. The van der Waals surface area contributed by atoms with Crippen LogP contribution in [0.3, 0.4) is 0 Å². The Morgan fingerprint density at radius 3 is 2.32 bits per heavy atom. The van der Waals surface area contributed by atoms with Gasteiger partial charge in [0, 0.05) is 25.6 Å². The van der Waals surface area contributed by atoms with Crippen molar-refractivity contribution in [2.24, 2.45) is 0 Å². The molecule has 2 aromatic rings. The lowest BCUT2D eigenvalue weighted by Gasteiger charge is -2.40. The van der Waals surface area contributed by atoms with Gasteiger partial charge in [0.2, 0.25) is 6.10 Å².